The van der Waals surface area contributed by atoms with Crippen molar-refractivity contribution in [2.24, 2.45) is 5.92 Å². The lowest BCUT2D eigenvalue weighted by molar-refractivity contribution is -0.148. The number of nitrogens with one attached hydrogen (secondary N) is 2. The van der Waals surface area contributed by atoms with Gasteiger partial charge in [-0.3, -0.25) is 15.4 Å². The van der Waals surface area contributed by atoms with Gasteiger partial charge in [0.2, 0.25) is 0 Å². The molecule has 6 nitrogen and oxygen atoms in total. The zero-order valence-electron chi connectivity index (χ0n) is 12.6. The van der Waals surface area contributed by atoms with Crippen molar-refractivity contribution in [1.29, 1.82) is 0 Å². The number of thiophene rings is 1. The molecule has 0 aromatic carbocycles. The molecule has 1 aliphatic rings. The Kier molecular flexibility index (Phi) is 4.92. The molecule has 0 saturated carbocycles. The van der Waals surface area contributed by atoms with E-state index >= 15 is 0 Å². The SMILES string of the molecule is CCOC(=O)C1CCc2nc(NC(=O)Nc3cccs3)sc2C1. The summed E-state index contributed by atoms with van der Waals surface area (Å²) in [5, 5.41) is 8.75. The fraction of sp³-hybridized carbons (Fsp3) is 0.400. The molecule has 1 aliphatic carbocycles. The lowest BCUT2D eigenvalue weighted by Crippen LogP contribution is -2.24. The maximum atomic E-state index is 11.9. The minimum atomic E-state index is -0.305. The topological polar surface area (TPSA) is 80.3 Å². The van der Waals surface area contributed by atoms with Crippen LogP contribution in [0.25, 0.3) is 0 Å². The number of thiazole rings is 1. The fourth-order valence-electron chi connectivity index (χ4n) is 2.48. The van der Waals surface area contributed by atoms with E-state index in [2.05, 4.69) is 15.6 Å². The number of amides is 2. The summed E-state index contributed by atoms with van der Waals surface area (Å²) in [6.07, 6.45) is 2.12. The standard InChI is InChI=1S/C15H17N3O3S2/c1-2-21-13(19)9-5-6-10-11(8-9)23-15(16-10)18-14(20)17-12-4-3-7-22-12/h3-4,7,9H,2,5-6,8H2,1H3,(H2,16,17,18,20). The third kappa shape index (κ3) is 3.89. The van der Waals surface area contributed by atoms with E-state index in [9.17, 15) is 9.59 Å². The number of carbonyl (C=O) groups is 2. The smallest absolute Gasteiger partial charge is 0.326 e. The maximum absolute atomic E-state index is 11.9. The summed E-state index contributed by atoms with van der Waals surface area (Å²) >= 11 is 2.89. The molecule has 2 N–H and O–H groups in total. The van der Waals surface area contributed by atoms with Crippen molar-refractivity contribution in [2.45, 2.75) is 26.2 Å². The first-order valence-corrected chi connectivity index (χ1v) is 9.12. The molecule has 0 aliphatic heterocycles. The van der Waals surface area contributed by atoms with E-state index in [1.807, 2.05) is 24.4 Å². The van der Waals surface area contributed by atoms with Gasteiger partial charge in [-0.2, -0.15) is 0 Å². The Morgan fingerprint density at radius 3 is 3.04 bits per heavy atom. The summed E-state index contributed by atoms with van der Waals surface area (Å²) in [6, 6.07) is 3.40. The Bertz CT molecular complexity index is 697. The van der Waals surface area contributed by atoms with Crippen molar-refractivity contribution in [3.05, 3.63) is 28.1 Å². The normalized spacial score (nSPS) is 16.5. The van der Waals surface area contributed by atoms with E-state index in [-0.39, 0.29) is 17.9 Å². The van der Waals surface area contributed by atoms with Crippen LogP contribution in [0.15, 0.2) is 17.5 Å². The van der Waals surface area contributed by atoms with Gasteiger partial charge in [-0.25, -0.2) is 9.78 Å². The molecular weight excluding hydrogens is 334 g/mol. The van der Waals surface area contributed by atoms with Crippen molar-refractivity contribution in [3.63, 3.8) is 0 Å². The van der Waals surface area contributed by atoms with Crippen LogP contribution in [0.2, 0.25) is 0 Å². The lowest BCUT2D eigenvalue weighted by Gasteiger charge is -2.18. The molecule has 23 heavy (non-hydrogen) atoms. The summed E-state index contributed by atoms with van der Waals surface area (Å²) in [6.45, 7) is 2.22. The number of urea groups is 1. The lowest BCUT2D eigenvalue weighted by atomic mass is 9.91. The molecule has 0 spiro atoms. The van der Waals surface area contributed by atoms with Crippen molar-refractivity contribution in [3.8, 4) is 0 Å². The van der Waals surface area contributed by atoms with Crippen molar-refractivity contribution < 1.29 is 14.3 Å². The van der Waals surface area contributed by atoms with Gasteiger partial charge in [0.05, 0.1) is 23.2 Å². The average molecular weight is 351 g/mol. The van der Waals surface area contributed by atoms with E-state index < -0.39 is 0 Å². The second kappa shape index (κ2) is 7.10. The monoisotopic (exact) mass is 351 g/mol. The number of carbonyl (C=O) groups excluding carboxylic acids is 2. The molecule has 0 fully saturated rings. The van der Waals surface area contributed by atoms with Crippen LogP contribution in [0.1, 0.15) is 23.9 Å². The Hall–Kier alpha value is -1.93. The molecule has 8 heteroatoms. The van der Waals surface area contributed by atoms with Crippen LogP contribution < -0.4 is 10.6 Å². The van der Waals surface area contributed by atoms with Crippen LogP contribution in [0, 0.1) is 5.92 Å². The Morgan fingerprint density at radius 1 is 1.43 bits per heavy atom. The predicted molar refractivity (Wildman–Crippen MR) is 91.2 cm³/mol. The highest BCUT2D eigenvalue weighted by atomic mass is 32.1. The number of aryl methyl sites for hydroxylation is 1. The van der Waals surface area contributed by atoms with E-state index in [0.29, 0.717) is 18.2 Å². The van der Waals surface area contributed by atoms with E-state index in [1.54, 1.807) is 0 Å². The molecule has 3 rings (SSSR count). The van der Waals surface area contributed by atoms with Crippen LogP contribution in [0.5, 0.6) is 0 Å². The molecule has 0 bridgehead atoms. The zero-order chi connectivity index (χ0) is 16.2. The van der Waals surface area contributed by atoms with Gasteiger partial charge in [0.25, 0.3) is 0 Å². The van der Waals surface area contributed by atoms with Crippen molar-refractivity contribution >= 4 is 44.8 Å². The number of aromatic nitrogens is 1. The Morgan fingerprint density at radius 2 is 2.30 bits per heavy atom. The number of rotatable bonds is 4. The molecule has 2 aromatic rings. The van der Waals surface area contributed by atoms with E-state index in [4.69, 9.17) is 4.74 Å². The highest BCUT2D eigenvalue weighted by Crippen LogP contribution is 2.33. The quantitative estimate of drug-likeness (QED) is 0.826. The van der Waals surface area contributed by atoms with Gasteiger partial charge >= 0.3 is 12.0 Å². The zero-order valence-corrected chi connectivity index (χ0v) is 14.3. The summed E-state index contributed by atoms with van der Waals surface area (Å²) in [5.41, 5.74) is 0.974. The number of nitrogens with zero attached hydrogens (tertiary/aromatic N) is 1. The summed E-state index contributed by atoms with van der Waals surface area (Å²) in [7, 11) is 0. The van der Waals surface area contributed by atoms with Crippen LogP contribution >= 0.6 is 22.7 Å². The predicted octanol–water partition coefficient (Wildman–Crippen LogP) is 3.52. The van der Waals surface area contributed by atoms with Crippen LogP contribution in [0.3, 0.4) is 0 Å². The molecule has 1 atom stereocenters. The van der Waals surface area contributed by atoms with Gasteiger partial charge in [0.15, 0.2) is 5.13 Å². The maximum Gasteiger partial charge on any atom is 0.326 e. The summed E-state index contributed by atoms with van der Waals surface area (Å²) in [4.78, 5) is 29.3. The Labute approximate surface area is 141 Å². The van der Waals surface area contributed by atoms with Crippen LogP contribution in [0.4, 0.5) is 14.9 Å². The highest BCUT2D eigenvalue weighted by Gasteiger charge is 2.28. The van der Waals surface area contributed by atoms with Crippen molar-refractivity contribution in [2.75, 3.05) is 17.2 Å². The molecule has 1 unspecified atom stereocenters. The second-order valence-corrected chi connectivity index (χ2v) is 7.17. The third-order valence-electron chi connectivity index (χ3n) is 3.54. The van der Waals surface area contributed by atoms with E-state index in [0.717, 1.165) is 28.4 Å². The Balaban J connectivity index is 1.61. The van der Waals surface area contributed by atoms with Gasteiger partial charge in [0.1, 0.15) is 0 Å². The van der Waals surface area contributed by atoms with Gasteiger partial charge in [-0.15, -0.1) is 22.7 Å². The number of ether oxygens (including phenoxy) is 1. The van der Waals surface area contributed by atoms with Crippen molar-refractivity contribution in [1.82, 2.24) is 4.98 Å². The molecule has 2 heterocycles. The number of fused-ring (bicyclic) bond motifs is 1. The van der Waals surface area contributed by atoms with Gasteiger partial charge < -0.3 is 4.74 Å². The molecule has 2 amide bonds. The summed E-state index contributed by atoms with van der Waals surface area (Å²) < 4.78 is 5.09. The fourth-order valence-corrected chi connectivity index (χ4v) is 4.18. The molecular formula is C15H17N3O3S2. The van der Waals surface area contributed by atoms with Gasteiger partial charge in [-0.05, 0) is 43.7 Å². The number of esters is 1. The molecule has 122 valence electrons. The van der Waals surface area contributed by atoms with Crippen LogP contribution in [-0.2, 0) is 22.4 Å². The van der Waals surface area contributed by atoms with E-state index in [1.165, 1.54) is 22.7 Å². The molecule has 2 aromatic heterocycles. The average Bonchev–Trinajstić information content (AvgIpc) is 3.15. The second-order valence-electron chi connectivity index (χ2n) is 5.14. The minimum Gasteiger partial charge on any atom is -0.466 e. The van der Waals surface area contributed by atoms with Gasteiger partial charge in [0, 0.05) is 4.88 Å². The number of anilines is 2. The van der Waals surface area contributed by atoms with Crippen LogP contribution in [-0.4, -0.2) is 23.6 Å². The first kappa shape index (κ1) is 15.9. The highest BCUT2D eigenvalue weighted by molar-refractivity contribution is 7.16. The first-order valence-electron chi connectivity index (χ1n) is 7.42. The first-order chi connectivity index (χ1) is 11.2. The largest absolute Gasteiger partial charge is 0.466 e. The number of hydrogen-bond acceptors (Lipinski definition) is 6. The van der Waals surface area contributed by atoms with Gasteiger partial charge in [-0.1, -0.05) is 0 Å². The minimum absolute atomic E-state index is 0.101. The summed E-state index contributed by atoms with van der Waals surface area (Å²) in [5.74, 6) is -0.243. The molecule has 0 saturated heterocycles. The third-order valence-corrected chi connectivity index (χ3v) is 5.36. The molecule has 0 radical (unpaired) electrons. The number of hydrogen-bond donors (Lipinski definition) is 2.